The zero-order chi connectivity index (χ0) is 16.1. The van der Waals surface area contributed by atoms with Crippen LogP contribution < -0.4 is 10.9 Å². The lowest BCUT2D eigenvalue weighted by molar-refractivity contribution is -0.121. The van der Waals surface area contributed by atoms with E-state index in [-0.39, 0.29) is 18.0 Å². The van der Waals surface area contributed by atoms with Crippen molar-refractivity contribution in [2.75, 3.05) is 6.54 Å². The molecule has 0 saturated carbocycles. The summed E-state index contributed by atoms with van der Waals surface area (Å²) >= 11 is 1.35. The number of aryl methyl sites for hydroxylation is 1. The van der Waals surface area contributed by atoms with Gasteiger partial charge in [-0.3, -0.25) is 14.2 Å². The molecule has 1 aromatic carbocycles. The molecule has 0 saturated heterocycles. The molecule has 2 aromatic heterocycles. The van der Waals surface area contributed by atoms with E-state index in [1.54, 1.807) is 6.07 Å². The molecule has 3 rings (SSSR count). The Morgan fingerprint density at radius 1 is 1.22 bits per heavy atom. The zero-order valence-corrected chi connectivity index (χ0v) is 13.4. The van der Waals surface area contributed by atoms with E-state index in [2.05, 4.69) is 22.4 Å². The first-order valence-corrected chi connectivity index (χ1v) is 8.35. The molecule has 0 bridgehead atoms. The molecule has 1 N–H and O–H groups in total. The molecule has 5 nitrogen and oxygen atoms in total. The number of thiophene rings is 1. The second-order valence-electron chi connectivity index (χ2n) is 5.25. The SMILES string of the molecule is O=C(Cn1cnc2ccsc2c1=O)NCCCc1ccccc1. The lowest BCUT2D eigenvalue weighted by Gasteiger charge is -2.07. The summed E-state index contributed by atoms with van der Waals surface area (Å²) in [5.41, 5.74) is 1.77. The first-order chi connectivity index (χ1) is 11.2. The predicted molar refractivity (Wildman–Crippen MR) is 91.7 cm³/mol. The van der Waals surface area contributed by atoms with Gasteiger partial charge in [-0.2, -0.15) is 0 Å². The van der Waals surface area contributed by atoms with Gasteiger partial charge in [-0.15, -0.1) is 11.3 Å². The Hall–Kier alpha value is -2.47. The monoisotopic (exact) mass is 327 g/mol. The van der Waals surface area contributed by atoms with Crippen molar-refractivity contribution in [2.24, 2.45) is 0 Å². The summed E-state index contributed by atoms with van der Waals surface area (Å²) < 4.78 is 1.94. The molecule has 0 unspecified atom stereocenters. The van der Waals surface area contributed by atoms with Crippen LogP contribution >= 0.6 is 11.3 Å². The summed E-state index contributed by atoms with van der Waals surface area (Å²) in [6, 6.07) is 11.9. The van der Waals surface area contributed by atoms with Crippen molar-refractivity contribution in [1.29, 1.82) is 0 Å². The summed E-state index contributed by atoms with van der Waals surface area (Å²) in [5, 5.41) is 4.67. The Kier molecular flexibility index (Phi) is 4.83. The van der Waals surface area contributed by atoms with Crippen LogP contribution in [0.3, 0.4) is 0 Å². The number of carbonyl (C=O) groups excluding carboxylic acids is 1. The molecule has 6 heteroatoms. The Labute approximate surface area is 137 Å². The number of carbonyl (C=O) groups is 1. The number of aromatic nitrogens is 2. The average Bonchev–Trinajstić information content (AvgIpc) is 3.05. The van der Waals surface area contributed by atoms with Gasteiger partial charge in [0.1, 0.15) is 11.2 Å². The number of rotatable bonds is 6. The quantitative estimate of drug-likeness (QED) is 0.706. The maximum Gasteiger partial charge on any atom is 0.271 e. The number of hydrogen-bond donors (Lipinski definition) is 1. The van der Waals surface area contributed by atoms with Crippen molar-refractivity contribution in [1.82, 2.24) is 14.9 Å². The van der Waals surface area contributed by atoms with Gasteiger partial charge in [-0.1, -0.05) is 30.3 Å². The fraction of sp³-hybridized carbons (Fsp3) is 0.235. The molecule has 0 aliphatic heterocycles. The van der Waals surface area contributed by atoms with Crippen LogP contribution in [0.25, 0.3) is 10.2 Å². The largest absolute Gasteiger partial charge is 0.355 e. The van der Waals surface area contributed by atoms with Crippen LogP contribution in [0.1, 0.15) is 12.0 Å². The first kappa shape index (κ1) is 15.4. The Morgan fingerprint density at radius 2 is 2.04 bits per heavy atom. The van der Waals surface area contributed by atoms with Crippen LogP contribution in [-0.4, -0.2) is 22.0 Å². The molecule has 2 heterocycles. The van der Waals surface area contributed by atoms with Gasteiger partial charge in [0.05, 0.1) is 11.8 Å². The number of fused-ring (bicyclic) bond motifs is 1. The van der Waals surface area contributed by atoms with E-state index in [0.717, 1.165) is 12.8 Å². The van der Waals surface area contributed by atoms with Crippen molar-refractivity contribution in [3.05, 3.63) is 64.0 Å². The van der Waals surface area contributed by atoms with E-state index in [4.69, 9.17) is 0 Å². The molecule has 0 aliphatic carbocycles. The molecular formula is C17H17N3O2S. The maximum atomic E-state index is 12.2. The Bertz CT molecular complexity index is 855. The van der Waals surface area contributed by atoms with Crippen molar-refractivity contribution in [3.63, 3.8) is 0 Å². The third-order valence-corrected chi connectivity index (χ3v) is 4.45. The minimum Gasteiger partial charge on any atom is -0.355 e. The number of nitrogens with one attached hydrogen (secondary N) is 1. The molecule has 118 valence electrons. The number of nitrogens with zero attached hydrogens (tertiary/aromatic N) is 2. The van der Waals surface area contributed by atoms with Gasteiger partial charge in [0.25, 0.3) is 5.56 Å². The zero-order valence-electron chi connectivity index (χ0n) is 12.6. The molecule has 0 atom stereocenters. The van der Waals surface area contributed by atoms with E-state index in [1.807, 2.05) is 23.6 Å². The summed E-state index contributed by atoms with van der Waals surface area (Å²) in [6.07, 6.45) is 3.22. The standard InChI is InChI=1S/C17H17N3O2S/c21-15(18-9-4-7-13-5-2-1-3-6-13)11-20-12-19-14-8-10-23-16(14)17(20)22/h1-3,5-6,8,10,12H,4,7,9,11H2,(H,18,21). The smallest absolute Gasteiger partial charge is 0.271 e. The average molecular weight is 327 g/mol. The summed E-state index contributed by atoms with van der Waals surface area (Å²) in [7, 11) is 0. The van der Waals surface area contributed by atoms with Crippen molar-refractivity contribution < 1.29 is 4.79 Å². The van der Waals surface area contributed by atoms with Gasteiger partial charge in [0, 0.05) is 6.54 Å². The Morgan fingerprint density at radius 3 is 2.87 bits per heavy atom. The second-order valence-corrected chi connectivity index (χ2v) is 6.17. The summed E-state index contributed by atoms with van der Waals surface area (Å²) in [4.78, 5) is 28.3. The molecule has 3 aromatic rings. The van der Waals surface area contributed by atoms with Gasteiger partial charge in [-0.05, 0) is 29.9 Å². The molecule has 0 spiro atoms. The van der Waals surface area contributed by atoms with E-state index in [1.165, 1.54) is 27.8 Å². The number of benzene rings is 1. The van der Waals surface area contributed by atoms with Crippen molar-refractivity contribution in [2.45, 2.75) is 19.4 Å². The van der Waals surface area contributed by atoms with E-state index < -0.39 is 0 Å². The van der Waals surface area contributed by atoms with Crippen LogP contribution in [0.5, 0.6) is 0 Å². The van der Waals surface area contributed by atoms with Gasteiger partial charge >= 0.3 is 0 Å². The van der Waals surface area contributed by atoms with Crippen LogP contribution in [0.2, 0.25) is 0 Å². The van der Waals surface area contributed by atoms with Gasteiger partial charge in [0.15, 0.2) is 0 Å². The third kappa shape index (κ3) is 3.84. The predicted octanol–water partition coefficient (Wildman–Crippen LogP) is 2.21. The first-order valence-electron chi connectivity index (χ1n) is 7.47. The van der Waals surface area contributed by atoms with Crippen LogP contribution in [0, 0.1) is 0 Å². The maximum absolute atomic E-state index is 12.2. The normalized spacial score (nSPS) is 10.8. The van der Waals surface area contributed by atoms with Crippen LogP contribution in [0.4, 0.5) is 0 Å². The highest BCUT2D eigenvalue weighted by atomic mass is 32.1. The van der Waals surface area contributed by atoms with Gasteiger partial charge in [-0.25, -0.2) is 4.98 Å². The van der Waals surface area contributed by atoms with Crippen LogP contribution in [0.15, 0.2) is 52.9 Å². The molecule has 0 radical (unpaired) electrons. The lowest BCUT2D eigenvalue weighted by atomic mass is 10.1. The highest BCUT2D eigenvalue weighted by Gasteiger charge is 2.08. The fourth-order valence-electron chi connectivity index (χ4n) is 2.37. The van der Waals surface area contributed by atoms with Crippen LogP contribution in [-0.2, 0) is 17.8 Å². The van der Waals surface area contributed by atoms with Gasteiger partial charge < -0.3 is 5.32 Å². The molecule has 23 heavy (non-hydrogen) atoms. The minimum absolute atomic E-state index is 0.00497. The molecular weight excluding hydrogens is 310 g/mol. The fourth-order valence-corrected chi connectivity index (χ4v) is 3.16. The topological polar surface area (TPSA) is 64.0 Å². The second kappa shape index (κ2) is 7.19. The molecule has 0 aliphatic rings. The highest BCUT2D eigenvalue weighted by Crippen LogP contribution is 2.12. The number of amides is 1. The molecule has 0 fully saturated rings. The minimum atomic E-state index is -0.169. The van der Waals surface area contributed by atoms with E-state index >= 15 is 0 Å². The van der Waals surface area contributed by atoms with Gasteiger partial charge in [0.2, 0.25) is 5.91 Å². The molecule has 1 amide bonds. The Balaban J connectivity index is 1.50. The lowest BCUT2D eigenvalue weighted by Crippen LogP contribution is -2.32. The highest BCUT2D eigenvalue weighted by molar-refractivity contribution is 7.17. The van der Waals surface area contributed by atoms with E-state index in [0.29, 0.717) is 16.8 Å². The van der Waals surface area contributed by atoms with E-state index in [9.17, 15) is 9.59 Å². The van der Waals surface area contributed by atoms with Crippen molar-refractivity contribution >= 4 is 27.5 Å². The number of hydrogen-bond acceptors (Lipinski definition) is 4. The summed E-state index contributed by atoms with van der Waals surface area (Å²) in [5.74, 6) is -0.169. The third-order valence-electron chi connectivity index (χ3n) is 3.56. The summed E-state index contributed by atoms with van der Waals surface area (Å²) in [6.45, 7) is 0.599. The van der Waals surface area contributed by atoms with Crippen molar-refractivity contribution in [3.8, 4) is 0 Å².